The number of benzene rings is 3. The number of hydrogen-bond donors (Lipinski definition) is 2. The van der Waals surface area contributed by atoms with E-state index in [9.17, 15) is 26.4 Å². The van der Waals surface area contributed by atoms with Gasteiger partial charge < -0.3 is 15.4 Å². The first-order valence-electron chi connectivity index (χ1n) is 11.4. The molecule has 0 aromatic heterocycles. The van der Waals surface area contributed by atoms with Gasteiger partial charge in [0, 0.05) is 16.8 Å². The predicted molar refractivity (Wildman–Crippen MR) is 134 cm³/mol. The first-order valence-corrected chi connectivity index (χ1v) is 13.7. The number of nitrogens with one attached hydrogen (secondary N) is 2. The fourth-order valence-corrected chi connectivity index (χ4v) is 5.74. The van der Waals surface area contributed by atoms with Crippen LogP contribution < -0.4 is 15.4 Å². The smallest absolute Gasteiger partial charge is 0.416 e. The van der Waals surface area contributed by atoms with Crippen LogP contribution in [0, 0.1) is 0 Å². The Labute approximate surface area is 217 Å². The van der Waals surface area contributed by atoms with E-state index in [0.29, 0.717) is 22.1 Å². The largest absolute Gasteiger partial charge is 0.457 e. The molecule has 1 aliphatic rings. The Hall–Kier alpha value is -3.24. The van der Waals surface area contributed by atoms with Crippen molar-refractivity contribution < 1.29 is 31.1 Å². The molecule has 0 aliphatic carbocycles. The highest BCUT2D eigenvalue weighted by Crippen LogP contribution is 2.38. The van der Waals surface area contributed by atoms with Crippen LogP contribution in [0.25, 0.3) is 0 Å². The van der Waals surface area contributed by atoms with Crippen molar-refractivity contribution in [3.63, 3.8) is 0 Å². The van der Waals surface area contributed by atoms with E-state index in [0.717, 1.165) is 18.4 Å². The summed E-state index contributed by atoms with van der Waals surface area (Å²) in [4.78, 5) is 12.1. The Morgan fingerprint density at radius 2 is 1.70 bits per heavy atom. The van der Waals surface area contributed by atoms with Crippen LogP contribution in [-0.2, 0) is 16.0 Å². The number of carbonyl (C=O) groups is 1. The van der Waals surface area contributed by atoms with Gasteiger partial charge in [0.1, 0.15) is 11.5 Å². The summed E-state index contributed by atoms with van der Waals surface area (Å²) in [5.74, 6) is 0.823. The molecule has 3 unspecified atom stereocenters. The lowest BCUT2D eigenvalue weighted by Gasteiger charge is -2.23. The van der Waals surface area contributed by atoms with Gasteiger partial charge in [0.2, 0.25) is 0 Å². The summed E-state index contributed by atoms with van der Waals surface area (Å²) in [5, 5.41) is 4.91. The molecule has 1 aliphatic heterocycles. The fraction of sp³-hybridized carbons (Fsp3) is 0.269. The minimum atomic E-state index is -4.53. The van der Waals surface area contributed by atoms with Gasteiger partial charge in [-0.1, -0.05) is 41.9 Å². The predicted octanol–water partition coefficient (Wildman–Crippen LogP) is 6.44. The van der Waals surface area contributed by atoms with Crippen LogP contribution in [-0.4, -0.2) is 26.7 Å². The average Bonchev–Trinajstić information content (AvgIpc) is 3.21. The quantitative estimate of drug-likeness (QED) is 0.337. The number of amides is 2. The normalized spacial score (nSPS) is 18.7. The lowest BCUT2D eigenvalue weighted by molar-refractivity contribution is -0.137. The number of hydrogen-bond acceptors (Lipinski definition) is 4. The minimum absolute atomic E-state index is 0.0991. The standard InChI is InChI=1S/C26H24ClF3N2O4S/c1-37(34,35)23(20-7-2-3-8-22(20)36-19-11-9-18(27)10-12-19)14-13-21-24(32-25(33)31-21)16-5-4-6-17(15-16)26(28,29)30/h2-12,15,21,23-24H,13-14H2,1H3,(H2,31,32,33). The first kappa shape index (κ1) is 26.8. The molecule has 0 saturated carbocycles. The van der Waals surface area contributed by atoms with Crippen molar-refractivity contribution in [2.24, 2.45) is 0 Å². The zero-order valence-corrected chi connectivity index (χ0v) is 21.2. The van der Waals surface area contributed by atoms with E-state index in [-0.39, 0.29) is 18.4 Å². The molecule has 0 radical (unpaired) electrons. The molecule has 1 heterocycles. The van der Waals surface area contributed by atoms with E-state index in [4.69, 9.17) is 16.3 Å². The highest BCUT2D eigenvalue weighted by Gasteiger charge is 2.37. The highest BCUT2D eigenvalue weighted by atomic mass is 35.5. The molecule has 196 valence electrons. The van der Waals surface area contributed by atoms with E-state index in [1.807, 2.05) is 0 Å². The second-order valence-electron chi connectivity index (χ2n) is 8.81. The van der Waals surface area contributed by atoms with Gasteiger partial charge in [0.15, 0.2) is 9.84 Å². The van der Waals surface area contributed by atoms with Gasteiger partial charge in [-0.2, -0.15) is 13.2 Å². The Kier molecular flexibility index (Phi) is 7.70. The summed E-state index contributed by atoms with van der Waals surface area (Å²) in [6.45, 7) is 0. The van der Waals surface area contributed by atoms with Crippen molar-refractivity contribution in [2.45, 2.75) is 36.4 Å². The van der Waals surface area contributed by atoms with Crippen molar-refractivity contribution in [2.75, 3.05) is 6.26 Å². The van der Waals surface area contributed by atoms with Crippen LogP contribution in [0.2, 0.25) is 5.02 Å². The Morgan fingerprint density at radius 1 is 1.00 bits per heavy atom. The maximum atomic E-state index is 13.2. The summed E-state index contributed by atoms with van der Waals surface area (Å²) >= 11 is 5.93. The molecule has 0 bridgehead atoms. The molecular weight excluding hydrogens is 529 g/mol. The lowest BCUT2D eigenvalue weighted by atomic mass is 9.94. The van der Waals surface area contributed by atoms with E-state index < -0.39 is 44.9 Å². The Morgan fingerprint density at radius 3 is 2.38 bits per heavy atom. The minimum Gasteiger partial charge on any atom is -0.457 e. The molecule has 11 heteroatoms. The van der Waals surface area contributed by atoms with Crippen molar-refractivity contribution in [3.05, 3.63) is 94.5 Å². The molecule has 2 N–H and O–H groups in total. The van der Waals surface area contributed by atoms with Crippen molar-refractivity contribution in [3.8, 4) is 11.5 Å². The van der Waals surface area contributed by atoms with Crippen molar-refractivity contribution in [1.82, 2.24) is 10.6 Å². The van der Waals surface area contributed by atoms with Gasteiger partial charge in [-0.25, -0.2) is 13.2 Å². The van der Waals surface area contributed by atoms with Crippen molar-refractivity contribution in [1.29, 1.82) is 0 Å². The summed E-state index contributed by atoms with van der Waals surface area (Å²) < 4.78 is 71.3. The Bertz CT molecular complexity index is 1380. The maximum absolute atomic E-state index is 13.2. The first-order chi connectivity index (χ1) is 17.4. The molecule has 0 spiro atoms. The third-order valence-corrected chi connectivity index (χ3v) is 7.92. The highest BCUT2D eigenvalue weighted by molar-refractivity contribution is 7.90. The molecule has 6 nitrogen and oxygen atoms in total. The molecule has 2 amide bonds. The number of halogens is 4. The monoisotopic (exact) mass is 552 g/mol. The SMILES string of the molecule is CS(=O)(=O)C(CCC1NC(=O)NC1c1cccc(C(F)(F)F)c1)c1ccccc1Oc1ccc(Cl)cc1. The number of urea groups is 1. The summed E-state index contributed by atoms with van der Waals surface area (Å²) in [6.07, 6.45) is -3.13. The lowest BCUT2D eigenvalue weighted by Crippen LogP contribution is -2.29. The second-order valence-corrected chi connectivity index (χ2v) is 11.5. The van der Waals surface area contributed by atoms with E-state index in [1.165, 1.54) is 12.1 Å². The molecular formula is C26H24ClF3N2O4S. The third-order valence-electron chi connectivity index (χ3n) is 6.14. The van der Waals surface area contributed by atoms with Crippen LogP contribution in [0.3, 0.4) is 0 Å². The van der Waals surface area contributed by atoms with Crippen LogP contribution in [0.15, 0.2) is 72.8 Å². The summed E-state index contributed by atoms with van der Waals surface area (Å²) in [6, 6.07) is 16.2. The van der Waals surface area contributed by atoms with Gasteiger partial charge in [0.25, 0.3) is 0 Å². The molecule has 1 fully saturated rings. The van der Waals surface area contributed by atoms with Gasteiger partial charge in [-0.05, 0) is 60.9 Å². The zero-order valence-electron chi connectivity index (χ0n) is 19.6. The summed E-state index contributed by atoms with van der Waals surface area (Å²) in [7, 11) is -3.64. The number of ether oxygens (including phenoxy) is 1. The molecule has 3 atom stereocenters. The van der Waals surface area contributed by atoms with Crippen molar-refractivity contribution >= 4 is 27.5 Å². The van der Waals surface area contributed by atoms with E-state index >= 15 is 0 Å². The molecule has 3 aromatic carbocycles. The van der Waals surface area contributed by atoms with Crippen LogP contribution in [0.5, 0.6) is 11.5 Å². The van der Waals surface area contributed by atoms with Gasteiger partial charge in [0.05, 0.1) is 22.9 Å². The number of sulfone groups is 1. The fourth-order valence-electron chi connectivity index (χ4n) is 4.40. The van der Waals surface area contributed by atoms with Crippen LogP contribution >= 0.6 is 11.6 Å². The van der Waals surface area contributed by atoms with Crippen LogP contribution in [0.1, 0.15) is 40.8 Å². The Balaban J connectivity index is 1.58. The molecule has 1 saturated heterocycles. The zero-order chi connectivity index (χ0) is 26.8. The summed E-state index contributed by atoms with van der Waals surface area (Å²) in [5.41, 5.74) is -0.111. The van der Waals surface area contributed by atoms with E-state index in [2.05, 4.69) is 10.6 Å². The number of rotatable bonds is 8. The average molecular weight is 553 g/mol. The van der Waals surface area contributed by atoms with Crippen LogP contribution in [0.4, 0.5) is 18.0 Å². The van der Waals surface area contributed by atoms with E-state index in [1.54, 1.807) is 48.5 Å². The second kappa shape index (κ2) is 10.6. The topological polar surface area (TPSA) is 84.5 Å². The molecule has 3 aromatic rings. The van der Waals surface area contributed by atoms with Gasteiger partial charge in [-0.3, -0.25) is 0 Å². The number of para-hydroxylation sites is 1. The number of carbonyl (C=O) groups excluding carboxylic acids is 1. The third kappa shape index (κ3) is 6.56. The molecule has 37 heavy (non-hydrogen) atoms. The maximum Gasteiger partial charge on any atom is 0.416 e. The van der Waals surface area contributed by atoms with Gasteiger partial charge in [-0.15, -0.1) is 0 Å². The molecule has 4 rings (SSSR count). The van der Waals surface area contributed by atoms with Gasteiger partial charge >= 0.3 is 12.2 Å². The number of alkyl halides is 3.